The first-order valence-corrected chi connectivity index (χ1v) is 7.43. The predicted octanol–water partition coefficient (Wildman–Crippen LogP) is 3.40. The molecule has 1 heterocycles. The average molecular weight is 295 g/mol. The van der Waals surface area contributed by atoms with E-state index in [9.17, 15) is 5.11 Å². The molecular weight excluding hydrogens is 275 g/mol. The van der Waals surface area contributed by atoms with Crippen molar-refractivity contribution in [3.8, 4) is 0 Å². The lowest BCUT2D eigenvalue weighted by atomic mass is 9.82. The molecule has 3 aromatic rings. The highest BCUT2D eigenvalue weighted by atomic mass is 16.5. The standard InChI is InChI=1S/C18H20BO3/c1-17(2,20)18(3,4)22-19-14-10-7-9-13-12-8-5-6-11-15(12)21-16(13)14/h5-11,20H,1-4H3. The molecule has 0 aliphatic carbocycles. The fraction of sp³-hybridized carbons (Fsp3) is 0.333. The lowest BCUT2D eigenvalue weighted by molar-refractivity contribution is -0.0893. The fourth-order valence-electron chi connectivity index (χ4n) is 2.22. The minimum atomic E-state index is -0.953. The van der Waals surface area contributed by atoms with Crippen molar-refractivity contribution < 1.29 is 14.2 Å². The second-order valence-corrected chi connectivity index (χ2v) is 6.63. The van der Waals surface area contributed by atoms with Gasteiger partial charge in [0, 0.05) is 10.8 Å². The van der Waals surface area contributed by atoms with Gasteiger partial charge < -0.3 is 14.2 Å². The molecule has 0 bridgehead atoms. The number of hydrogen-bond donors (Lipinski definition) is 1. The van der Waals surface area contributed by atoms with Crippen molar-refractivity contribution in [1.82, 2.24) is 0 Å². The Balaban J connectivity index is 1.98. The van der Waals surface area contributed by atoms with Crippen molar-refractivity contribution in [3.63, 3.8) is 0 Å². The Morgan fingerprint density at radius 2 is 1.64 bits per heavy atom. The summed E-state index contributed by atoms with van der Waals surface area (Å²) in [6.07, 6.45) is 0. The van der Waals surface area contributed by atoms with Crippen LogP contribution in [0.15, 0.2) is 46.9 Å². The molecule has 3 nitrogen and oxygen atoms in total. The van der Waals surface area contributed by atoms with Gasteiger partial charge in [-0.3, -0.25) is 0 Å². The molecule has 1 radical (unpaired) electrons. The van der Waals surface area contributed by atoms with Crippen LogP contribution >= 0.6 is 0 Å². The minimum absolute atomic E-state index is 0.707. The van der Waals surface area contributed by atoms with Gasteiger partial charge >= 0.3 is 7.48 Å². The number of fused-ring (bicyclic) bond motifs is 3. The first-order chi connectivity index (χ1) is 10.3. The van der Waals surface area contributed by atoms with Crippen LogP contribution in [0.5, 0.6) is 0 Å². The summed E-state index contributed by atoms with van der Waals surface area (Å²) in [5.74, 6) is 0. The number of para-hydroxylation sites is 2. The van der Waals surface area contributed by atoms with E-state index in [1.165, 1.54) is 0 Å². The molecule has 1 N–H and O–H groups in total. The number of hydrogen-bond acceptors (Lipinski definition) is 3. The molecule has 3 rings (SSSR count). The third-order valence-corrected chi connectivity index (χ3v) is 4.39. The molecule has 0 atom stereocenters. The van der Waals surface area contributed by atoms with Gasteiger partial charge in [-0.2, -0.15) is 0 Å². The van der Waals surface area contributed by atoms with Crippen molar-refractivity contribution in [2.45, 2.75) is 38.9 Å². The van der Waals surface area contributed by atoms with Crippen LogP contribution in [0.4, 0.5) is 0 Å². The maximum absolute atomic E-state index is 10.2. The molecule has 113 valence electrons. The summed E-state index contributed by atoms with van der Waals surface area (Å²) in [5, 5.41) is 12.3. The normalized spacial score (nSPS) is 13.0. The van der Waals surface area contributed by atoms with Crippen LogP contribution in [0, 0.1) is 0 Å². The van der Waals surface area contributed by atoms with Crippen molar-refractivity contribution in [2.24, 2.45) is 0 Å². The van der Waals surface area contributed by atoms with E-state index >= 15 is 0 Å². The molecular formula is C18H20BO3. The lowest BCUT2D eigenvalue weighted by Crippen LogP contribution is -2.49. The van der Waals surface area contributed by atoms with E-state index in [1.807, 2.05) is 56.3 Å². The zero-order valence-corrected chi connectivity index (χ0v) is 13.4. The third kappa shape index (κ3) is 2.53. The summed E-state index contributed by atoms with van der Waals surface area (Å²) in [6.45, 7) is 7.20. The highest BCUT2D eigenvalue weighted by Gasteiger charge is 2.36. The smallest absolute Gasteiger partial charge is 0.334 e. The highest BCUT2D eigenvalue weighted by molar-refractivity contribution is 6.51. The van der Waals surface area contributed by atoms with Gasteiger partial charge in [-0.1, -0.05) is 36.4 Å². The summed E-state index contributed by atoms with van der Waals surface area (Å²) in [7, 11) is 1.67. The summed E-state index contributed by atoms with van der Waals surface area (Å²) < 4.78 is 11.8. The predicted molar refractivity (Wildman–Crippen MR) is 90.6 cm³/mol. The molecule has 0 unspecified atom stereocenters. The number of rotatable bonds is 4. The molecule has 0 saturated heterocycles. The summed E-state index contributed by atoms with van der Waals surface area (Å²) >= 11 is 0. The second kappa shape index (κ2) is 5.15. The highest BCUT2D eigenvalue weighted by Crippen LogP contribution is 2.28. The number of aliphatic hydroxyl groups is 1. The van der Waals surface area contributed by atoms with E-state index < -0.39 is 11.2 Å². The van der Waals surface area contributed by atoms with Crippen LogP contribution in [0.3, 0.4) is 0 Å². The average Bonchev–Trinajstić information content (AvgIpc) is 2.83. The van der Waals surface area contributed by atoms with Crippen LogP contribution in [-0.4, -0.2) is 23.8 Å². The Hall–Kier alpha value is -1.78. The van der Waals surface area contributed by atoms with Crippen LogP contribution < -0.4 is 5.46 Å². The van der Waals surface area contributed by atoms with Crippen molar-refractivity contribution >= 4 is 34.9 Å². The van der Waals surface area contributed by atoms with Gasteiger partial charge in [0.1, 0.15) is 11.2 Å². The number of benzene rings is 2. The molecule has 1 aromatic heterocycles. The van der Waals surface area contributed by atoms with Crippen LogP contribution in [0.25, 0.3) is 21.9 Å². The zero-order chi connectivity index (χ0) is 16.0. The fourth-order valence-corrected chi connectivity index (χ4v) is 2.22. The van der Waals surface area contributed by atoms with Gasteiger partial charge in [-0.15, -0.1) is 0 Å². The topological polar surface area (TPSA) is 42.6 Å². The Bertz CT molecular complexity index is 812. The summed E-state index contributed by atoms with van der Waals surface area (Å²) in [4.78, 5) is 0. The Morgan fingerprint density at radius 1 is 0.955 bits per heavy atom. The van der Waals surface area contributed by atoms with Crippen LogP contribution in [0.2, 0.25) is 0 Å². The lowest BCUT2D eigenvalue weighted by Gasteiger charge is -2.37. The van der Waals surface area contributed by atoms with E-state index in [-0.39, 0.29) is 0 Å². The van der Waals surface area contributed by atoms with E-state index in [0.29, 0.717) is 0 Å². The van der Waals surface area contributed by atoms with E-state index in [4.69, 9.17) is 9.07 Å². The SMILES string of the molecule is CC(C)(O)C(C)(C)O[B]c1cccc2c1oc1ccccc12. The van der Waals surface area contributed by atoms with E-state index in [0.717, 1.165) is 27.4 Å². The van der Waals surface area contributed by atoms with Crippen LogP contribution in [-0.2, 0) is 4.65 Å². The van der Waals surface area contributed by atoms with Gasteiger partial charge in [0.15, 0.2) is 0 Å². The molecule has 2 aromatic carbocycles. The van der Waals surface area contributed by atoms with Gasteiger partial charge in [0.05, 0.1) is 11.2 Å². The maximum atomic E-state index is 10.2. The first-order valence-electron chi connectivity index (χ1n) is 7.43. The molecule has 0 fully saturated rings. The molecule has 22 heavy (non-hydrogen) atoms. The summed E-state index contributed by atoms with van der Waals surface area (Å²) in [6, 6.07) is 13.9. The maximum Gasteiger partial charge on any atom is 0.334 e. The van der Waals surface area contributed by atoms with Gasteiger partial charge in [0.2, 0.25) is 0 Å². The van der Waals surface area contributed by atoms with Crippen molar-refractivity contribution in [2.75, 3.05) is 0 Å². The largest absolute Gasteiger partial charge is 0.457 e. The molecule has 0 spiro atoms. The number of furan rings is 1. The molecule has 0 aliphatic heterocycles. The van der Waals surface area contributed by atoms with Gasteiger partial charge in [-0.05, 0) is 39.2 Å². The molecule has 0 saturated carbocycles. The van der Waals surface area contributed by atoms with Gasteiger partial charge in [0.25, 0.3) is 0 Å². The van der Waals surface area contributed by atoms with E-state index in [1.54, 1.807) is 21.3 Å². The summed E-state index contributed by atoms with van der Waals surface area (Å²) in [5.41, 5.74) is 0.869. The second-order valence-electron chi connectivity index (χ2n) is 6.63. The Morgan fingerprint density at radius 3 is 2.36 bits per heavy atom. The first kappa shape index (κ1) is 15.1. The zero-order valence-electron chi connectivity index (χ0n) is 13.4. The molecule has 4 heteroatoms. The monoisotopic (exact) mass is 295 g/mol. The Labute approximate surface area is 131 Å². The quantitative estimate of drug-likeness (QED) is 0.750. The van der Waals surface area contributed by atoms with Crippen molar-refractivity contribution in [1.29, 1.82) is 0 Å². The minimum Gasteiger partial charge on any atom is -0.457 e. The van der Waals surface area contributed by atoms with Gasteiger partial charge in [-0.25, -0.2) is 0 Å². The molecule has 0 aliphatic rings. The van der Waals surface area contributed by atoms with Crippen molar-refractivity contribution in [3.05, 3.63) is 42.5 Å². The third-order valence-electron chi connectivity index (χ3n) is 4.39. The molecule has 0 amide bonds. The van der Waals surface area contributed by atoms with Crippen LogP contribution in [0.1, 0.15) is 27.7 Å². The van der Waals surface area contributed by atoms with E-state index in [2.05, 4.69) is 0 Å². The Kier molecular flexibility index (Phi) is 3.54.